The molecule has 1 aromatic heterocycles. The smallest absolute Gasteiger partial charge is 0.301 e. The molecular formula is C10H19N5O2S. The van der Waals surface area contributed by atoms with Crippen molar-refractivity contribution in [2.45, 2.75) is 12.8 Å². The lowest BCUT2D eigenvalue weighted by Gasteiger charge is -2.31. The lowest BCUT2D eigenvalue weighted by atomic mass is 10.00. The van der Waals surface area contributed by atoms with E-state index in [1.807, 2.05) is 7.05 Å². The van der Waals surface area contributed by atoms with Crippen molar-refractivity contribution < 1.29 is 8.42 Å². The molecule has 18 heavy (non-hydrogen) atoms. The van der Waals surface area contributed by atoms with Crippen molar-refractivity contribution in [3.05, 3.63) is 12.4 Å². The van der Waals surface area contributed by atoms with Crippen molar-refractivity contribution in [1.82, 2.24) is 19.8 Å². The van der Waals surface area contributed by atoms with Gasteiger partial charge in [0.2, 0.25) is 0 Å². The Balaban J connectivity index is 2.00. The van der Waals surface area contributed by atoms with Gasteiger partial charge < -0.3 is 5.32 Å². The second kappa shape index (κ2) is 5.68. The number of piperidine rings is 1. The van der Waals surface area contributed by atoms with Crippen LogP contribution in [0.2, 0.25) is 0 Å². The van der Waals surface area contributed by atoms with Gasteiger partial charge in [-0.1, -0.05) is 0 Å². The van der Waals surface area contributed by atoms with Crippen LogP contribution in [0.3, 0.4) is 0 Å². The molecule has 0 spiro atoms. The minimum atomic E-state index is -3.46. The number of nitrogens with one attached hydrogen (secondary N) is 3. The van der Waals surface area contributed by atoms with Crippen molar-refractivity contribution in [2.24, 2.45) is 5.92 Å². The Bertz CT molecular complexity index is 457. The molecule has 0 radical (unpaired) electrons. The van der Waals surface area contributed by atoms with E-state index in [0.29, 0.717) is 24.7 Å². The highest BCUT2D eigenvalue weighted by molar-refractivity contribution is 7.90. The van der Waals surface area contributed by atoms with Crippen LogP contribution in [0, 0.1) is 5.92 Å². The summed E-state index contributed by atoms with van der Waals surface area (Å²) in [6.45, 7) is 1.99. The monoisotopic (exact) mass is 273 g/mol. The van der Waals surface area contributed by atoms with Gasteiger partial charge in [-0.2, -0.15) is 17.8 Å². The Labute approximate surface area is 107 Å². The van der Waals surface area contributed by atoms with Gasteiger partial charge in [0.05, 0.1) is 11.9 Å². The van der Waals surface area contributed by atoms with E-state index in [4.69, 9.17) is 0 Å². The molecule has 1 aliphatic rings. The van der Waals surface area contributed by atoms with E-state index < -0.39 is 10.2 Å². The van der Waals surface area contributed by atoms with Crippen LogP contribution >= 0.6 is 0 Å². The van der Waals surface area contributed by atoms with E-state index in [0.717, 1.165) is 19.4 Å². The molecule has 0 bridgehead atoms. The third-order valence-electron chi connectivity index (χ3n) is 3.06. The number of aromatic amines is 1. The van der Waals surface area contributed by atoms with Crippen LogP contribution in [-0.4, -0.2) is 49.6 Å². The minimum absolute atomic E-state index is 0.379. The molecule has 7 nitrogen and oxygen atoms in total. The second-order valence-corrected chi connectivity index (χ2v) is 6.19. The number of H-pyrrole nitrogens is 1. The Morgan fingerprint density at radius 2 is 2.44 bits per heavy atom. The third kappa shape index (κ3) is 3.21. The number of anilines is 1. The molecule has 1 fully saturated rings. The van der Waals surface area contributed by atoms with Crippen LogP contribution in [0.5, 0.6) is 0 Å². The summed E-state index contributed by atoms with van der Waals surface area (Å²) in [5.41, 5.74) is 0.464. The first-order valence-electron chi connectivity index (χ1n) is 6.03. The third-order valence-corrected chi connectivity index (χ3v) is 4.56. The average molecular weight is 273 g/mol. The zero-order chi connectivity index (χ0) is 13.0. The Hall–Kier alpha value is -1.12. The maximum atomic E-state index is 12.2. The molecule has 0 amide bonds. The van der Waals surface area contributed by atoms with Crippen LogP contribution in [0.25, 0.3) is 0 Å². The van der Waals surface area contributed by atoms with E-state index in [1.165, 1.54) is 16.7 Å². The molecule has 0 aromatic carbocycles. The summed E-state index contributed by atoms with van der Waals surface area (Å²) < 4.78 is 28.3. The zero-order valence-corrected chi connectivity index (χ0v) is 11.2. The first-order valence-corrected chi connectivity index (χ1v) is 7.47. The van der Waals surface area contributed by atoms with E-state index >= 15 is 0 Å². The van der Waals surface area contributed by atoms with Gasteiger partial charge in [-0.15, -0.1) is 0 Å². The van der Waals surface area contributed by atoms with Crippen LogP contribution in [0.4, 0.5) is 5.69 Å². The summed E-state index contributed by atoms with van der Waals surface area (Å²) in [6, 6.07) is 0. The predicted molar refractivity (Wildman–Crippen MR) is 69.4 cm³/mol. The fourth-order valence-corrected chi connectivity index (χ4v) is 3.54. The summed E-state index contributed by atoms with van der Waals surface area (Å²) in [6.07, 6.45) is 4.94. The number of nitrogens with zero attached hydrogens (tertiary/aromatic N) is 2. The summed E-state index contributed by atoms with van der Waals surface area (Å²) >= 11 is 0. The predicted octanol–water partition coefficient (Wildman–Crippen LogP) is -0.00220. The molecule has 2 rings (SSSR count). The first-order chi connectivity index (χ1) is 8.62. The Kier molecular flexibility index (Phi) is 4.20. The fraction of sp³-hybridized carbons (Fsp3) is 0.700. The van der Waals surface area contributed by atoms with Crippen LogP contribution in [0.1, 0.15) is 12.8 Å². The van der Waals surface area contributed by atoms with E-state index in [1.54, 1.807) is 0 Å². The molecule has 3 N–H and O–H groups in total. The minimum Gasteiger partial charge on any atom is -0.319 e. The molecule has 102 valence electrons. The van der Waals surface area contributed by atoms with Gasteiger partial charge in [0.15, 0.2) is 0 Å². The maximum Gasteiger partial charge on any atom is 0.301 e. The lowest BCUT2D eigenvalue weighted by Crippen LogP contribution is -2.44. The van der Waals surface area contributed by atoms with Crippen molar-refractivity contribution >= 4 is 15.9 Å². The molecule has 0 aliphatic carbocycles. The molecular weight excluding hydrogens is 254 g/mol. The van der Waals surface area contributed by atoms with Crippen LogP contribution in [-0.2, 0) is 10.2 Å². The summed E-state index contributed by atoms with van der Waals surface area (Å²) in [5.74, 6) is 0.379. The molecule has 8 heteroatoms. The molecule has 1 aromatic rings. The topological polar surface area (TPSA) is 90.1 Å². The number of rotatable bonds is 5. The van der Waals surface area contributed by atoms with Gasteiger partial charge in [-0.3, -0.25) is 9.82 Å². The molecule has 0 saturated carbocycles. The van der Waals surface area contributed by atoms with Gasteiger partial charge in [0.1, 0.15) is 0 Å². The van der Waals surface area contributed by atoms with Crippen molar-refractivity contribution in [3.8, 4) is 0 Å². The first kappa shape index (κ1) is 13.3. The zero-order valence-electron chi connectivity index (χ0n) is 10.4. The number of aromatic nitrogens is 2. The average Bonchev–Trinajstić information content (AvgIpc) is 2.82. The Morgan fingerprint density at radius 1 is 1.61 bits per heavy atom. The summed E-state index contributed by atoms with van der Waals surface area (Å²) in [7, 11) is -1.58. The van der Waals surface area contributed by atoms with E-state index in [2.05, 4.69) is 20.2 Å². The number of hydrogen-bond donors (Lipinski definition) is 3. The van der Waals surface area contributed by atoms with Crippen LogP contribution < -0.4 is 10.0 Å². The highest BCUT2D eigenvalue weighted by Gasteiger charge is 2.28. The second-order valence-electron chi connectivity index (χ2n) is 4.52. The van der Waals surface area contributed by atoms with Gasteiger partial charge in [0, 0.05) is 19.3 Å². The van der Waals surface area contributed by atoms with Crippen molar-refractivity contribution in [2.75, 3.05) is 31.4 Å². The fourth-order valence-electron chi connectivity index (χ4n) is 2.22. The van der Waals surface area contributed by atoms with E-state index in [-0.39, 0.29) is 0 Å². The van der Waals surface area contributed by atoms with Crippen molar-refractivity contribution in [1.29, 1.82) is 0 Å². The normalized spacial score (nSPS) is 21.9. The van der Waals surface area contributed by atoms with Gasteiger partial charge in [-0.05, 0) is 32.4 Å². The largest absolute Gasteiger partial charge is 0.319 e. The highest BCUT2D eigenvalue weighted by atomic mass is 32.2. The van der Waals surface area contributed by atoms with Gasteiger partial charge in [0.25, 0.3) is 0 Å². The molecule has 1 saturated heterocycles. The highest BCUT2D eigenvalue weighted by Crippen LogP contribution is 2.19. The lowest BCUT2D eigenvalue weighted by molar-refractivity contribution is 0.264. The van der Waals surface area contributed by atoms with Crippen LogP contribution in [0.15, 0.2) is 12.4 Å². The molecule has 2 heterocycles. The molecule has 1 aliphatic heterocycles. The molecule has 1 atom stereocenters. The number of hydrogen-bond acceptors (Lipinski definition) is 4. The van der Waals surface area contributed by atoms with E-state index in [9.17, 15) is 8.42 Å². The Morgan fingerprint density at radius 3 is 3.11 bits per heavy atom. The van der Waals surface area contributed by atoms with Crippen molar-refractivity contribution in [3.63, 3.8) is 0 Å². The summed E-state index contributed by atoms with van der Waals surface area (Å²) in [4.78, 5) is 0. The standard InChI is InChI=1S/C10H19N5O2S/c1-11-5-9-3-2-4-15(8-9)18(16,17)14-10-6-12-13-7-10/h6-7,9,11,14H,2-5,8H2,1H3,(H,12,13). The SMILES string of the molecule is CNCC1CCCN(S(=O)(=O)Nc2cn[nH]c2)C1. The molecule has 1 unspecified atom stereocenters. The van der Waals surface area contributed by atoms with Gasteiger partial charge in [-0.25, -0.2) is 0 Å². The maximum absolute atomic E-state index is 12.2. The summed E-state index contributed by atoms with van der Waals surface area (Å²) in [5, 5.41) is 9.39. The van der Waals surface area contributed by atoms with Gasteiger partial charge >= 0.3 is 10.2 Å². The quantitative estimate of drug-likeness (QED) is 0.704.